The average molecular weight is 280 g/mol. The van der Waals surface area contributed by atoms with Crippen molar-refractivity contribution >= 4 is 11.3 Å². The van der Waals surface area contributed by atoms with Crippen molar-refractivity contribution in [2.75, 3.05) is 0 Å². The highest BCUT2D eigenvalue weighted by Crippen LogP contribution is 2.23. The Bertz CT molecular complexity index is 549. The molecule has 1 aromatic heterocycles. The highest BCUT2D eigenvalue weighted by atomic mass is 32.1. The molecule has 0 saturated carbocycles. The van der Waals surface area contributed by atoms with Crippen LogP contribution in [0.5, 0.6) is 5.75 Å². The Morgan fingerprint density at radius 2 is 2.00 bits per heavy atom. The molecule has 19 heavy (non-hydrogen) atoms. The van der Waals surface area contributed by atoms with E-state index in [-0.39, 0.29) is 5.56 Å². The second-order valence-corrected chi connectivity index (χ2v) is 5.62. The van der Waals surface area contributed by atoms with Crippen molar-refractivity contribution in [2.24, 2.45) is 0 Å². The lowest BCUT2D eigenvalue weighted by atomic mass is 10.1. The van der Waals surface area contributed by atoms with Crippen LogP contribution in [0.4, 0.5) is 4.39 Å². The Balaban J connectivity index is 2.01. The maximum Gasteiger partial charge on any atom is 0.132 e. The summed E-state index contributed by atoms with van der Waals surface area (Å²) in [6, 6.07) is 8.67. The van der Waals surface area contributed by atoms with Crippen molar-refractivity contribution < 1.29 is 14.2 Å². The van der Waals surface area contributed by atoms with E-state index in [2.05, 4.69) is 13.0 Å². The van der Waals surface area contributed by atoms with Crippen LogP contribution in [-0.2, 0) is 13.0 Å². The summed E-state index contributed by atoms with van der Waals surface area (Å²) in [5, 5.41) is 9.35. The van der Waals surface area contributed by atoms with Gasteiger partial charge in [0.1, 0.15) is 18.2 Å². The fraction of sp³-hybridized carbons (Fsp3) is 0.333. The zero-order valence-corrected chi connectivity index (χ0v) is 11.8. The van der Waals surface area contributed by atoms with Gasteiger partial charge in [-0.2, -0.15) is 0 Å². The molecule has 102 valence electrons. The van der Waals surface area contributed by atoms with E-state index in [4.69, 9.17) is 4.74 Å². The zero-order chi connectivity index (χ0) is 13.8. The summed E-state index contributed by atoms with van der Waals surface area (Å²) in [5.41, 5.74) is 0.289. The third kappa shape index (κ3) is 3.55. The highest BCUT2D eigenvalue weighted by Gasteiger charge is 2.09. The number of aryl methyl sites for hydroxylation is 1. The second kappa shape index (κ2) is 6.17. The molecule has 0 aliphatic carbocycles. The van der Waals surface area contributed by atoms with Crippen LogP contribution in [0.3, 0.4) is 0 Å². The molecule has 0 saturated heterocycles. The van der Waals surface area contributed by atoms with Crippen molar-refractivity contribution in [3.8, 4) is 5.75 Å². The topological polar surface area (TPSA) is 29.5 Å². The summed E-state index contributed by atoms with van der Waals surface area (Å²) >= 11 is 1.71. The van der Waals surface area contributed by atoms with Gasteiger partial charge < -0.3 is 9.84 Å². The fourth-order valence-corrected chi connectivity index (χ4v) is 2.65. The molecule has 2 rings (SSSR count). The number of hydrogen-bond acceptors (Lipinski definition) is 3. The van der Waals surface area contributed by atoms with Gasteiger partial charge in [-0.05, 0) is 37.6 Å². The minimum Gasteiger partial charge on any atom is -0.488 e. The lowest BCUT2D eigenvalue weighted by Gasteiger charge is -2.09. The molecule has 0 unspecified atom stereocenters. The monoisotopic (exact) mass is 280 g/mol. The van der Waals surface area contributed by atoms with Crippen LogP contribution >= 0.6 is 11.3 Å². The summed E-state index contributed by atoms with van der Waals surface area (Å²) in [6.07, 6.45) is 0.209. The molecular formula is C15H17FO2S. The first-order valence-electron chi connectivity index (χ1n) is 6.28. The summed E-state index contributed by atoms with van der Waals surface area (Å²) in [6.45, 7) is 4.09. The highest BCUT2D eigenvalue weighted by molar-refractivity contribution is 7.11. The van der Waals surface area contributed by atoms with E-state index in [0.717, 1.165) is 11.3 Å². The van der Waals surface area contributed by atoms with Gasteiger partial charge in [-0.1, -0.05) is 6.92 Å². The Morgan fingerprint density at radius 1 is 1.26 bits per heavy atom. The Labute approximate surface area is 116 Å². The number of aliphatic hydroxyl groups is 1. The number of benzene rings is 1. The molecule has 4 heteroatoms. The molecule has 0 aliphatic heterocycles. The molecule has 0 bridgehead atoms. The van der Waals surface area contributed by atoms with Gasteiger partial charge in [0.25, 0.3) is 0 Å². The van der Waals surface area contributed by atoms with Crippen LogP contribution in [0.15, 0.2) is 30.3 Å². The van der Waals surface area contributed by atoms with Gasteiger partial charge in [0.15, 0.2) is 0 Å². The van der Waals surface area contributed by atoms with Crippen molar-refractivity contribution in [3.63, 3.8) is 0 Å². The van der Waals surface area contributed by atoms with E-state index in [9.17, 15) is 9.50 Å². The van der Waals surface area contributed by atoms with Crippen LogP contribution < -0.4 is 4.74 Å². The van der Waals surface area contributed by atoms with Crippen LogP contribution in [0.2, 0.25) is 0 Å². The summed E-state index contributed by atoms with van der Waals surface area (Å²) < 4.78 is 19.2. The predicted molar refractivity (Wildman–Crippen MR) is 75.1 cm³/mol. The molecule has 2 aromatic rings. The number of ether oxygens (including phenoxy) is 1. The molecule has 0 fully saturated rings. The van der Waals surface area contributed by atoms with E-state index in [1.54, 1.807) is 23.5 Å². The fourth-order valence-electron chi connectivity index (χ4n) is 1.78. The quantitative estimate of drug-likeness (QED) is 0.894. The largest absolute Gasteiger partial charge is 0.488 e. The molecule has 1 atom stereocenters. The third-order valence-electron chi connectivity index (χ3n) is 2.87. The van der Waals surface area contributed by atoms with Crippen LogP contribution in [0.25, 0.3) is 0 Å². The number of aliphatic hydroxyl groups excluding tert-OH is 1. The molecule has 1 aromatic carbocycles. The molecule has 0 radical (unpaired) electrons. The van der Waals surface area contributed by atoms with Crippen molar-refractivity contribution in [2.45, 2.75) is 33.0 Å². The van der Waals surface area contributed by atoms with Crippen molar-refractivity contribution in [3.05, 3.63) is 51.5 Å². The molecule has 2 nitrogen and oxygen atoms in total. The van der Waals surface area contributed by atoms with E-state index < -0.39 is 11.9 Å². The number of halogens is 1. The minimum absolute atomic E-state index is 0.289. The van der Waals surface area contributed by atoms with E-state index >= 15 is 0 Å². The lowest BCUT2D eigenvalue weighted by molar-refractivity contribution is 0.194. The van der Waals surface area contributed by atoms with Gasteiger partial charge in [-0.25, -0.2) is 4.39 Å². The van der Waals surface area contributed by atoms with Crippen LogP contribution in [0, 0.1) is 5.82 Å². The van der Waals surface area contributed by atoms with Gasteiger partial charge in [0.05, 0.1) is 6.10 Å². The summed E-state index contributed by atoms with van der Waals surface area (Å²) in [4.78, 5) is 2.44. The Morgan fingerprint density at radius 3 is 2.58 bits per heavy atom. The van der Waals surface area contributed by atoms with Gasteiger partial charge in [-0.3, -0.25) is 0 Å². The number of rotatable bonds is 5. The number of thiophene rings is 1. The van der Waals surface area contributed by atoms with E-state index in [0.29, 0.717) is 12.4 Å². The molecule has 1 heterocycles. The van der Waals surface area contributed by atoms with Crippen LogP contribution in [-0.4, -0.2) is 5.11 Å². The standard InChI is InChI=1S/C15H17FO2S/c1-3-12-5-6-13(19-12)9-18-11-4-7-14(10(2)17)15(16)8-11/h4-8,10,17H,3,9H2,1-2H3/t10-/m0/s1. The van der Waals surface area contributed by atoms with Gasteiger partial charge in [0.2, 0.25) is 0 Å². The van der Waals surface area contributed by atoms with E-state index in [1.807, 2.05) is 6.07 Å². The third-order valence-corrected chi connectivity index (χ3v) is 4.07. The van der Waals surface area contributed by atoms with Gasteiger partial charge >= 0.3 is 0 Å². The lowest BCUT2D eigenvalue weighted by Crippen LogP contribution is -1.98. The Kier molecular flexibility index (Phi) is 4.56. The maximum atomic E-state index is 13.6. The van der Waals surface area contributed by atoms with Crippen molar-refractivity contribution in [1.82, 2.24) is 0 Å². The first-order chi connectivity index (χ1) is 9.10. The summed E-state index contributed by atoms with van der Waals surface area (Å²) in [7, 11) is 0. The van der Waals surface area contributed by atoms with E-state index in [1.165, 1.54) is 17.9 Å². The first-order valence-corrected chi connectivity index (χ1v) is 7.09. The van der Waals surface area contributed by atoms with Crippen molar-refractivity contribution in [1.29, 1.82) is 0 Å². The zero-order valence-electron chi connectivity index (χ0n) is 11.0. The molecular weight excluding hydrogens is 263 g/mol. The van der Waals surface area contributed by atoms with Gasteiger partial charge in [-0.15, -0.1) is 11.3 Å². The number of hydrogen-bond donors (Lipinski definition) is 1. The normalized spacial score (nSPS) is 12.4. The maximum absolute atomic E-state index is 13.6. The second-order valence-electron chi connectivity index (χ2n) is 4.37. The average Bonchev–Trinajstić information content (AvgIpc) is 2.84. The van der Waals surface area contributed by atoms with Gasteiger partial charge in [0, 0.05) is 21.4 Å². The molecule has 0 amide bonds. The minimum atomic E-state index is -0.807. The smallest absolute Gasteiger partial charge is 0.132 e. The Hall–Kier alpha value is -1.39. The molecule has 0 aliphatic rings. The molecule has 0 spiro atoms. The molecule has 1 N–H and O–H groups in total. The predicted octanol–water partition coefficient (Wildman–Crippen LogP) is 4.08. The first kappa shape index (κ1) is 14.0. The SMILES string of the molecule is CCc1ccc(COc2ccc([C@H](C)O)c(F)c2)s1. The summed E-state index contributed by atoms with van der Waals surface area (Å²) in [5.74, 6) is 0.0428. The van der Waals surface area contributed by atoms with Crippen LogP contribution in [0.1, 0.15) is 35.3 Å².